The van der Waals surface area contributed by atoms with E-state index in [1.54, 1.807) is 19.4 Å². The predicted molar refractivity (Wildman–Crippen MR) is 141 cm³/mol. The topological polar surface area (TPSA) is 84.8 Å². The molecule has 0 unspecified atom stereocenters. The van der Waals surface area contributed by atoms with Crippen molar-refractivity contribution >= 4 is 51.5 Å². The van der Waals surface area contributed by atoms with Crippen molar-refractivity contribution in [3.05, 3.63) is 57.7 Å². The number of benzene rings is 1. The molecule has 2 aromatic heterocycles. The molecule has 0 spiro atoms. The van der Waals surface area contributed by atoms with E-state index in [0.717, 1.165) is 29.5 Å². The summed E-state index contributed by atoms with van der Waals surface area (Å²) >= 11 is 12.4. The smallest absolute Gasteiger partial charge is 0.222 e. The number of carbonyl (C=O) groups excluding carboxylic acids is 1. The Labute approximate surface area is 219 Å². The van der Waals surface area contributed by atoms with Crippen molar-refractivity contribution in [2.45, 2.75) is 32.3 Å². The number of halogens is 3. The maximum absolute atomic E-state index is 14.0. The zero-order valence-corrected chi connectivity index (χ0v) is 22.0. The van der Waals surface area contributed by atoms with Gasteiger partial charge in [0.15, 0.2) is 11.4 Å². The van der Waals surface area contributed by atoms with E-state index in [2.05, 4.69) is 9.88 Å². The summed E-state index contributed by atoms with van der Waals surface area (Å²) in [6, 6.07) is 2.63. The van der Waals surface area contributed by atoms with E-state index in [0.29, 0.717) is 37.1 Å². The van der Waals surface area contributed by atoms with Gasteiger partial charge in [-0.25, -0.2) is 9.37 Å². The molecule has 0 saturated carbocycles. The second-order valence-electron chi connectivity index (χ2n) is 9.11. The van der Waals surface area contributed by atoms with Crippen molar-refractivity contribution in [1.82, 2.24) is 14.8 Å². The Morgan fingerprint density at radius 1 is 1.36 bits per heavy atom. The molecule has 0 bridgehead atoms. The Morgan fingerprint density at radius 3 is 2.83 bits per heavy atom. The van der Waals surface area contributed by atoms with Crippen LogP contribution >= 0.6 is 23.2 Å². The largest absolute Gasteiger partial charge is 0.478 e. The SMILES string of the molecule is C[C@@H](Oc1c(N)ncc2c(C3=CCN(C(=O)CCCN(C)C)CC3)coc12)c1c(Cl)ccc(F)c1Cl. The van der Waals surface area contributed by atoms with Crippen LogP contribution in [0.3, 0.4) is 0 Å². The van der Waals surface area contributed by atoms with Crippen LogP contribution in [0.25, 0.3) is 16.5 Å². The molecule has 1 atom stereocenters. The van der Waals surface area contributed by atoms with E-state index in [1.807, 2.05) is 25.1 Å². The van der Waals surface area contributed by atoms with Crippen LogP contribution in [0.15, 0.2) is 35.1 Å². The first kappa shape index (κ1) is 26.3. The summed E-state index contributed by atoms with van der Waals surface area (Å²) in [7, 11) is 4.00. The van der Waals surface area contributed by atoms with Gasteiger partial charge >= 0.3 is 0 Å². The molecule has 0 radical (unpaired) electrons. The van der Waals surface area contributed by atoms with Gasteiger partial charge in [0, 0.05) is 41.9 Å². The molecule has 1 aromatic carbocycles. The molecule has 36 heavy (non-hydrogen) atoms. The third kappa shape index (κ3) is 5.45. The first-order chi connectivity index (χ1) is 17.2. The molecule has 7 nitrogen and oxygen atoms in total. The molecule has 10 heteroatoms. The highest BCUT2D eigenvalue weighted by molar-refractivity contribution is 6.36. The van der Waals surface area contributed by atoms with Crippen LogP contribution in [0.4, 0.5) is 10.2 Å². The molecular formula is C26H29Cl2FN4O3. The number of fused-ring (bicyclic) bond motifs is 1. The van der Waals surface area contributed by atoms with Gasteiger partial charge in [0.25, 0.3) is 0 Å². The lowest BCUT2D eigenvalue weighted by atomic mass is 9.99. The number of aromatic nitrogens is 1. The van der Waals surface area contributed by atoms with Crippen LogP contribution < -0.4 is 10.5 Å². The summed E-state index contributed by atoms with van der Waals surface area (Å²) < 4.78 is 26.0. The van der Waals surface area contributed by atoms with Gasteiger partial charge in [-0.1, -0.05) is 29.3 Å². The molecule has 4 rings (SSSR count). The standard InChI is InChI=1S/C26H29Cl2FN4O3/c1-15(22-19(27)6-7-20(29)23(22)28)36-25-24-17(13-31-26(25)30)18(14-35-24)16-8-11-33(12-9-16)21(34)5-4-10-32(2)3/h6-8,13-15H,4-5,9-12H2,1-3H3,(H2,30,31)/t15-/m1/s1. The van der Waals surface area contributed by atoms with Crippen LogP contribution in [0.5, 0.6) is 5.75 Å². The van der Waals surface area contributed by atoms with Crippen molar-refractivity contribution in [3.8, 4) is 5.75 Å². The van der Waals surface area contributed by atoms with Gasteiger partial charge in [-0.3, -0.25) is 4.79 Å². The number of rotatable bonds is 8. The number of carbonyl (C=O) groups is 1. The Bertz CT molecular complexity index is 1310. The number of amides is 1. The lowest BCUT2D eigenvalue weighted by Gasteiger charge is -2.26. The number of pyridine rings is 1. The second-order valence-corrected chi connectivity index (χ2v) is 9.89. The first-order valence-electron chi connectivity index (χ1n) is 11.7. The van der Waals surface area contributed by atoms with Gasteiger partial charge in [0.1, 0.15) is 11.9 Å². The number of nitrogens with two attached hydrogens (primary N) is 1. The van der Waals surface area contributed by atoms with Crippen molar-refractivity contribution in [2.75, 3.05) is 39.5 Å². The Kier molecular flexibility index (Phi) is 8.07. The van der Waals surface area contributed by atoms with Crippen molar-refractivity contribution in [1.29, 1.82) is 0 Å². The van der Waals surface area contributed by atoms with E-state index in [-0.39, 0.29) is 27.5 Å². The molecule has 192 valence electrons. The molecule has 3 aromatic rings. The van der Waals surface area contributed by atoms with Gasteiger partial charge in [-0.05, 0) is 58.1 Å². The average molecular weight is 535 g/mol. The molecule has 1 aliphatic rings. The highest BCUT2D eigenvalue weighted by Gasteiger charge is 2.25. The van der Waals surface area contributed by atoms with Crippen LogP contribution in [-0.4, -0.2) is 54.4 Å². The fraction of sp³-hybridized carbons (Fsp3) is 0.385. The van der Waals surface area contributed by atoms with Gasteiger partial charge in [-0.2, -0.15) is 0 Å². The van der Waals surface area contributed by atoms with Crippen LogP contribution in [0.1, 0.15) is 43.4 Å². The molecule has 1 amide bonds. The van der Waals surface area contributed by atoms with E-state index < -0.39 is 11.9 Å². The fourth-order valence-electron chi connectivity index (χ4n) is 4.34. The van der Waals surface area contributed by atoms with Gasteiger partial charge < -0.3 is 24.7 Å². The molecule has 1 aliphatic heterocycles. The van der Waals surface area contributed by atoms with Crippen LogP contribution in [0.2, 0.25) is 10.0 Å². The molecule has 2 N–H and O–H groups in total. The normalized spacial score (nSPS) is 14.9. The molecule has 3 heterocycles. The number of nitrogens with zero attached hydrogens (tertiary/aromatic N) is 3. The predicted octanol–water partition coefficient (Wildman–Crippen LogP) is 5.95. The Morgan fingerprint density at radius 2 is 2.14 bits per heavy atom. The third-order valence-corrected chi connectivity index (χ3v) is 7.00. The maximum atomic E-state index is 14.0. The number of ether oxygens (including phenoxy) is 1. The second kappa shape index (κ2) is 11.1. The van der Waals surface area contributed by atoms with Crippen molar-refractivity contribution in [3.63, 3.8) is 0 Å². The zero-order chi connectivity index (χ0) is 26.0. The van der Waals surface area contributed by atoms with E-state index in [9.17, 15) is 9.18 Å². The highest BCUT2D eigenvalue weighted by atomic mass is 35.5. The van der Waals surface area contributed by atoms with Crippen molar-refractivity contribution < 1.29 is 18.3 Å². The van der Waals surface area contributed by atoms with Crippen LogP contribution in [-0.2, 0) is 4.79 Å². The minimum atomic E-state index is -0.718. The van der Waals surface area contributed by atoms with Gasteiger partial charge in [0.2, 0.25) is 11.7 Å². The van der Waals surface area contributed by atoms with Crippen LogP contribution in [0, 0.1) is 5.82 Å². The summed E-state index contributed by atoms with van der Waals surface area (Å²) in [5.74, 6) is -0.0636. The lowest BCUT2D eigenvalue weighted by molar-refractivity contribution is -0.130. The maximum Gasteiger partial charge on any atom is 0.222 e. The van der Waals surface area contributed by atoms with Crippen molar-refractivity contribution in [2.24, 2.45) is 0 Å². The average Bonchev–Trinajstić information content (AvgIpc) is 3.27. The Balaban J connectivity index is 1.55. The van der Waals surface area contributed by atoms with E-state index in [1.165, 1.54) is 12.1 Å². The number of hydrogen-bond donors (Lipinski definition) is 1. The molecule has 0 fully saturated rings. The zero-order valence-electron chi connectivity index (χ0n) is 20.5. The number of anilines is 1. The lowest BCUT2D eigenvalue weighted by Crippen LogP contribution is -2.34. The summed E-state index contributed by atoms with van der Waals surface area (Å²) in [4.78, 5) is 20.8. The van der Waals surface area contributed by atoms with Gasteiger partial charge in [-0.15, -0.1) is 0 Å². The quantitative estimate of drug-likeness (QED) is 0.359. The first-order valence-corrected chi connectivity index (χ1v) is 12.5. The number of hydrogen-bond acceptors (Lipinski definition) is 6. The molecular weight excluding hydrogens is 506 g/mol. The minimum Gasteiger partial charge on any atom is -0.478 e. The summed E-state index contributed by atoms with van der Waals surface area (Å²) in [6.45, 7) is 3.77. The monoisotopic (exact) mass is 534 g/mol. The summed E-state index contributed by atoms with van der Waals surface area (Å²) in [5.41, 5.74) is 8.79. The molecule has 0 aliphatic carbocycles. The number of nitrogen functional groups attached to an aromatic ring is 1. The third-order valence-electron chi connectivity index (χ3n) is 6.29. The highest BCUT2D eigenvalue weighted by Crippen LogP contribution is 2.41. The number of furan rings is 1. The summed E-state index contributed by atoms with van der Waals surface area (Å²) in [6.07, 6.45) is 6.69. The fourth-order valence-corrected chi connectivity index (χ4v) is 5.02. The van der Waals surface area contributed by atoms with E-state index in [4.69, 9.17) is 38.1 Å². The van der Waals surface area contributed by atoms with Gasteiger partial charge in [0.05, 0.1) is 16.7 Å². The Hall–Kier alpha value is -2.81. The summed E-state index contributed by atoms with van der Waals surface area (Å²) in [5, 5.41) is 0.905. The van der Waals surface area contributed by atoms with E-state index >= 15 is 0 Å². The minimum absolute atomic E-state index is 0.109. The molecule has 0 saturated heterocycles.